The molecule has 0 saturated heterocycles. The molecule has 0 radical (unpaired) electrons. The number of nitrogens with zero attached hydrogens (tertiary/aromatic N) is 1. The van der Waals surface area contributed by atoms with Gasteiger partial charge in [0.15, 0.2) is 0 Å². The summed E-state index contributed by atoms with van der Waals surface area (Å²) in [6.07, 6.45) is 5.93. The number of hydrogen-bond donors (Lipinski definition) is 0. The molecule has 2 nitrogen and oxygen atoms in total. The van der Waals surface area contributed by atoms with Crippen molar-refractivity contribution in [3.05, 3.63) is 35.4 Å². The molecule has 0 N–H and O–H groups in total. The fourth-order valence-corrected chi connectivity index (χ4v) is 1.94. The lowest BCUT2D eigenvalue weighted by Crippen LogP contribution is -2.01. The minimum Gasteiger partial charge on any atom is -0.211 e. The van der Waals surface area contributed by atoms with E-state index in [4.69, 9.17) is 0 Å². The van der Waals surface area contributed by atoms with E-state index in [9.17, 15) is 4.79 Å². The van der Waals surface area contributed by atoms with Crippen LogP contribution in [0.2, 0.25) is 0 Å². The summed E-state index contributed by atoms with van der Waals surface area (Å²) in [7, 11) is 0. The summed E-state index contributed by atoms with van der Waals surface area (Å²) in [5.41, 5.74) is 2.30. The predicted octanol–water partition coefficient (Wildman–Crippen LogP) is 2.96. The number of carbonyl (C=O) groups excluding carboxylic acids is 1. The van der Waals surface area contributed by atoms with Crippen LogP contribution in [0.5, 0.6) is 0 Å². The Hall–Kier alpha value is -1.40. The van der Waals surface area contributed by atoms with Crippen molar-refractivity contribution < 1.29 is 4.79 Å². The maximum absolute atomic E-state index is 10.3. The van der Waals surface area contributed by atoms with E-state index in [1.807, 2.05) is 0 Å². The molecule has 0 aromatic heterocycles. The van der Waals surface area contributed by atoms with Crippen molar-refractivity contribution in [3.8, 4) is 0 Å². The Morgan fingerprint density at radius 3 is 2.47 bits per heavy atom. The molecule has 1 aromatic rings. The molecule has 78 valence electrons. The third-order valence-corrected chi connectivity index (χ3v) is 3.01. The van der Waals surface area contributed by atoms with Crippen LogP contribution >= 0.6 is 0 Å². The Morgan fingerprint density at radius 1 is 1.33 bits per heavy atom. The molecule has 0 heterocycles. The van der Waals surface area contributed by atoms with Gasteiger partial charge in [0.2, 0.25) is 6.08 Å². The summed E-state index contributed by atoms with van der Waals surface area (Å²) in [5, 5.41) is 0. The smallest absolute Gasteiger partial charge is 0.211 e. The Labute approximate surface area is 90.0 Å². The van der Waals surface area contributed by atoms with Gasteiger partial charge in [-0.2, -0.15) is 4.99 Å². The molecule has 0 atom stereocenters. The van der Waals surface area contributed by atoms with Crippen LogP contribution in [-0.4, -0.2) is 6.08 Å². The highest BCUT2D eigenvalue weighted by Gasteiger charge is 2.44. The first kappa shape index (κ1) is 10.1. The van der Waals surface area contributed by atoms with Crippen LogP contribution in [0.3, 0.4) is 0 Å². The van der Waals surface area contributed by atoms with Gasteiger partial charge in [0.25, 0.3) is 0 Å². The van der Waals surface area contributed by atoms with Gasteiger partial charge in [0.05, 0.1) is 5.54 Å². The molecule has 1 aromatic carbocycles. The molecule has 0 amide bonds. The van der Waals surface area contributed by atoms with Gasteiger partial charge in [-0.15, -0.1) is 0 Å². The molecule has 0 unspecified atom stereocenters. The molecule has 15 heavy (non-hydrogen) atoms. The van der Waals surface area contributed by atoms with E-state index in [1.165, 1.54) is 5.56 Å². The third kappa shape index (κ3) is 2.00. The maximum atomic E-state index is 10.3. The van der Waals surface area contributed by atoms with Gasteiger partial charge < -0.3 is 0 Å². The summed E-state index contributed by atoms with van der Waals surface area (Å²) >= 11 is 0. The first-order valence-corrected chi connectivity index (χ1v) is 5.49. The summed E-state index contributed by atoms with van der Waals surface area (Å²) in [4.78, 5) is 14.2. The van der Waals surface area contributed by atoms with Crippen molar-refractivity contribution in [2.45, 2.75) is 38.1 Å². The van der Waals surface area contributed by atoms with Crippen molar-refractivity contribution >= 4 is 6.08 Å². The van der Waals surface area contributed by atoms with E-state index >= 15 is 0 Å². The van der Waals surface area contributed by atoms with Gasteiger partial charge in [-0.05, 0) is 30.4 Å². The van der Waals surface area contributed by atoms with E-state index in [-0.39, 0.29) is 5.54 Å². The highest BCUT2D eigenvalue weighted by atomic mass is 16.1. The van der Waals surface area contributed by atoms with Crippen LogP contribution < -0.4 is 0 Å². The van der Waals surface area contributed by atoms with E-state index < -0.39 is 0 Å². The average molecular weight is 201 g/mol. The Kier molecular flexibility index (Phi) is 2.70. The lowest BCUT2D eigenvalue weighted by atomic mass is 10.0. The Bertz CT molecular complexity index is 384. The summed E-state index contributed by atoms with van der Waals surface area (Å²) in [6.45, 7) is 2.17. The van der Waals surface area contributed by atoms with Gasteiger partial charge in [0, 0.05) is 0 Å². The zero-order valence-corrected chi connectivity index (χ0v) is 8.99. The van der Waals surface area contributed by atoms with Crippen LogP contribution in [0.4, 0.5) is 0 Å². The summed E-state index contributed by atoms with van der Waals surface area (Å²) < 4.78 is 0. The zero-order valence-electron chi connectivity index (χ0n) is 8.99. The molecule has 2 rings (SSSR count). The molecule has 1 aliphatic rings. The second-order valence-corrected chi connectivity index (χ2v) is 4.18. The van der Waals surface area contributed by atoms with Crippen LogP contribution in [-0.2, 0) is 16.8 Å². The normalized spacial score (nSPS) is 16.9. The summed E-state index contributed by atoms with van der Waals surface area (Å²) in [5.74, 6) is 0. The predicted molar refractivity (Wildman–Crippen MR) is 59.5 cm³/mol. The monoisotopic (exact) mass is 201 g/mol. The minimum absolute atomic E-state index is 0.216. The number of rotatable bonds is 4. The molecule has 2 heteroatoms. The molecular weight excluding hydrogens is 186 g/mol. The molecule has 0 bridgehead atoms. The van der Waals surface area contributed by atoms with Gasteiger partial charge >= 0.3 is 0 Å². The Morgan fingerprint density at radius 2 is 2.00 bits per heavy atom. The van der Waals surface area contributed by atoms with E-state index in [1.54, 1.807) is 6.08 Å². The van der Waals surface area contributed by atoms with Gasteiger partial charge in [-0.1, -0.05) is 37.6 Å². The van der Waals surface area contributed by atoms with E-state index in [0.717, 1.165) is 31.2 Å². The minimum atomic E-state index is -0.216. The lowest BCUT2D eigenvalue weighted by molar-refractivity contribution is 0.556. The van der Waals surface area contributed by atoms with E-state index in [0.29, 0.717) is 0 Å². The van der Waals surface area contributed by atoms with Crippen LogP contribution in [0.15, 0.2) is 29.3 Å². The molecule has 0 spiro atoms. The number of isocyanates is 1. The first-order valence-electron chi connectivity index (χ1n) is 5.49. The van der Waals surface area contributed by atoms with E-state index in [2.05, 4.69) is 36.2 Å². The van der Waals surface area contributed by atoms with Crippen molar-refractivity contribution in [2.24, 2.45) is 4.99 Å². The van der Waals surface area contributed by atoms with Crippen molar-refractivity contribution in [1.82, 2.24) is 0 Å². The van der Waals surface area contributed by atoms with Crippen LogP contribution in [0.1, 0.15) is 37.3 Å². The van der Waals surface area contributed by atoms with Crippen molar-refractivity contribution in [1.29, 1.82) is 0 Å². The first-order chi connectivity index (χ1) is 7.30. The maximum Gasteiger partial charge on any atom is 0.235 e. The van der Waals surface area contributed by atoms with Gasteiger partial charge in [-0.3, -0.25) is 0 Å². The standard InChI is InChI=1S/C13H15NO/c1-2-3-11-4-6-12(7-5-11)13(8-9-13)14-10-15/h4-7H,2-3,8-9H2,1H3. The summed E-state index contributed by atoms with van der Waals surface area (Å²) in [6, 6.07) is 8.47. The molecule has 1 saturated carbocycles. The third-order valence-electron chi connectivity index (χ3n) is 3.01. The number of hydrogen-bond acceptors (Lipinski definition) is 2. The number of benzene rings is 1. The fourth-order valence-electron chi connectivity index (χ4n) is 1.94. The topological polar surface area (TPSA) is 29.4 Å². The molecule has 1 aliphatic carbocycles. The molecule has 0 aliphatic heterocycles. The quantitative estimate of drug-likeness (QED) is 0.544. The molecular formula is C13H15NO. The SMILES string of the molecule is CCCc1ccc(C2(N=C=O)CC2)cc1. The highest BCUT2D eigenvalue weighted by molar-refractivity contribution is 5.41. The van der Waals surface area contributed by atoms with Crippen molar-refractivity contribution in [2.75, 3.05) is 0 Å². The lowest BCUT2D eigenvalue weighted by Gasteiger charge is -2.08. The molecule has 1 fully saturated rings. The zero-order chi connectivity index (χ0) is 10.7. The number of aliphatic imine (C=N–C) groups is 1. The van der Waals surface area contributed by atoms with Gasteiger partial charge in [-0.25, -0.2) is 4.79 Å². The average Bonchev–Trinajstić information content (AvgIpc) is 3.01. The highest BCUT2D eigenvalue weighted by Crippen LogP contribution is 2.49. The second kappa shape index (κ2) is 4.00. The van der Waals surface area contributed by atoms with Crippen LogP contribution in [0.25, 0.3) is 0 Å². The van der Waals surface area contributed by atoms with Gasteiger partial charge in [0.1, 0.15) is 0 Å². The Balaban J connectivity index is 2.20. The van der Waals surface area contributed by atoms with Crippen LogP contribution in [0, 0.1) is 0 Å². The number of aryl methyl sites for hydroxylation is 1. The largest absolute Gasteiger partial charge is 0.235 e. The van der Waals surface area contributed by atoms with Crippen molar-refractivity contribution in [3.63, 3.8) is 0 Å². The second-order valence-electron chi connectivity index (χ2n) is 4.18. The fraction of sp³-hybridized carbons (Fsp3) is 0.462.